The summed E-state index contributed by atoms with van der Waals surface area (Å²) in [6.07, 6.45) is 2.68. The minimum atomic E-state index is -3.36. The maximum Gasteiger partial charge on any atom is 0.281 e. The van der Waals surface area contributed by atoms with Crippen LogP contribution in [0, 0.1) is 0 Å². The maximum atomic E-state index is 11.9. The van der Waals surface area contributed by atoms with Crippen molar-refractivity contribution in [1.29, 1.82) is 0 Å². The van der Waals surface area contributed by atoms with E-state index in [9.17, 15) is 13.2 Å². The number of rotatable bonds is 3. The third-order valence-corrected chi connectivity index (χ3v) is 4.84. The molecule has 6 nitrogen and oxygen atoms in total. The van der Waals surface area contributed by atoms with E-state index in [1.165, 1.54) is 28.8 Å². The van der Waals surface area contributed by atoms with Crippen LogP contribution in [0.4, 0.5) is 0 Å². The van der Waals surface area contributed by atoms with Crippen molar-refractivity contribution in [2.75, 3.05) is 20.6 Å². The lowest BCUT2D eigenvalue weighted by atomic mass is 10.0. The second kappa shape index (κ2) is 5.05. The van der Waals surface area contributed by atoms with Gasteiger partial charge in [-0.2, -0.15) is 17.0 Å². The summed E-state index contributed by atoms with van der Waals surface area (Å²) in [6, 6.07) is -0.232. The van der Waals surface area contributed by atoms with Crippen LogP contribution in [0.15, 0.2) is 4.99 Å². The zero-order valence-electron chi connectivity index (χ0n) is 9.75. The van der Waals surface area contributed by atoms with Gasteiger partial charge in [0.25, 0.3) is 10.2 Å². The van der Waals surface area contributed by atoms with Crippen molar-refractivity contribution in [3.8, 4) is 0 Å². The van der Waals surface area contributed by atoms with E-state index in [2.05, 4.69) is 4.99 Å². The molecule has 1 heterocycles. The first-order valence-electron chi connectivity index (χ1n) is 5.16. The van der Waals surface area contributed by atoms with Crippen LogP contribution in [0.3, 0.4) is 0 Å². The molecule has 7 heteroatoms. The fraction of sp³-hybridized carbons (Fsp3) is 0.889. The van der Waals surface area contributed by atoms with E-state index < -0.39 is 10.2 Å². The van der Waals surface area contributed by atoms with Gasteiger partial charge in [-0.1, -0.05) is 0 Å². The molecular formula is C9H17N3O3S. The number of piperidine rings is 1. The Kier molecular flexibility index (Phi) is 4.21. The molecule has 0 N–H and O–H groups in total. The lowest BCUT2D eigenvalue weighted by Gasteiger charge is -2.36. The van der Waals surface area contributed by atoms with Crippen LogP contribution >= 0.6 is 0 Å². The third-order valence-electron chi connectivity index (χ3n) is 2.78. The molecule has 0 aromatic rings. The summed E-state index contributed by atoms with van der Waals surface area (Å²) in [7, 11) is -0.338. The normalized spacial score (nSPS) is 27.8. The van der Waals surface area contributed by atoms with Crippen molar-refractivity contribution in [3.63, 3.8) is 0 Å². The molecule has 0 bridgehead atoms. The summed E-state index contributed by atoms with van der Waals surface area (Å²) >= 11 is 0. The monoisotopic (exact) mass is 247 g/mol. The lowest BCUT2D eigenvalue weighted by molar-refractivity contribution is 0.236. The van der Waals surface area contributed by atoms with Crippen molar-refractivity contribution in [1.82, 2.24) is 8.61 Å². The highest BCUT2D eigenvalue weighted by atomic mass is 32.2. The van der Waals surface area contributed by atoms with Gasteiger partial charge in [-0.25, -0.2) is 9.79 Å². The number of hydrogen-bond donors (Lipinski definition) is 0. The highest BCUT2D eigenvalue weighted by Crippen LogP contribution is 2.23. The molecule has 0 amide bonds. The summed E-state index contributed by atoms with van der Waals surface area (Å²) in [5.41, 5.74) is 0. The molecule has 92 valence electrons. The maximum absolute atomic E-state index is 11.9. The predicted octanol–water partition coefficient (Wildman–Crippen LogP) is -0.0185. The molecule has 1 fully saturated rings. The SMILES string of the molecule is CC1CC(N=C=O)CCN1S(=O)(=O)N(C)C. The van der Waals surface area contributed by atoms with Gasteiger partial charge in [-0.3, -0.25) is 0 Å². The average Bonchev–Trinajstić information content (AvgIpc) is 2.17. The first-order valence-corrected chi connectivity index (χ1v) is 6.55. The van der Waals surface area contributed by atoms with Crippen molar-refractivity contribution in [2.24, 2.45) is 4.99 Å². The molecule has 2 unspecified atom stereocenters. The zero-order valence-corrected chi connectivity index (χ0v) is 10.6. The first kappa shape index (κ1) is 13.3. The smallest absolute Gasteiger partial charge is 0.211 e. The van der Waals surface area contributed by atoms with Crippen LogP contribution < -0.4 is 0 Å². The Labute approximate surface area is 96.1 Å². The molecule has 0 aromatic heterocycles. The molecule has 1 aliphatic rings. The third kappa shape index (κ3) is 2.68. The zero-order chi connectivity index (χ0) is 12.3. The minimum absolute atomic E-state index is 0.0962. The van der Waals surface area contributed by atoms with Crippen molar-refractivity contribution in [2.45, 2.75) is 31.8 Å². The summed E-state index contributed by atoms with van der Waals surface area (Å²) in [6.45, 7) is 2.23. The van der Waals surface area contributed by atoms with Gasteiger partial charge in [-0.05, 0) is 19.8 Å². The predicted molar refractivity (Wildman–Crippen MR) is 59.9 cm³/mol. The number of isocyanates is 1. The van der Waals surface area contributed by atoms with E-state index in [1.54, 1.807) is 0 Å². The molecule has 1 aliphatic heterocycles. The van der Waals surface area contributed by atoms with Crippen LogP contribution in [0.25, 0.3) is 0 Å². The van der Waals surface area contributed by atoms with Gasteiger partial charge in [0, 0.05) is 26.7 Å². The van der Waals surface area contributed by atoms with Gasteiger partial charge in [0.1, 0.15) is 0 Å². The molecule has 1 saturated heterocycles. The van der Waals surface area contributed by atoms with Gasteiger partial charge in [0.05, 0.1) is 6.04 Å². The van der Waals surface area contributed by atoms with E-state index in [1.807, 2.05) is 6.92 Å². The largest absolute Gasteiger partial charge is 0.281 e. The Morgan fingerprint density at radius 2 is 2.06 bits per heavy atom. The summed E-state index contributed by atoms with van der Waals surface area (Å²) < 4.78 is 26.5. The number of hydrogen-bond acceptors (Lipinski definition) is 4. The highest BCUT2D eigenvalue weighted by Gasteiger charge is 2.34. The van der Waals surface area contributed by atoms with Crippen molar-refractivity contribution < 1.29 is 13.2 Å². The van der Waals surface area contributed by atoms with E-state index in [4.69, 9.17) is 0 Å². The second-order valence-electron chi connectivity index (χ2n) is 4.15. The Morgan fingerprint density at radius 1 is 1.44 bits per heavy atom. The molecule has 16 heavy (non-hydrogen) atoms. The number of nitrogens with zero attached hydrogens (tertiary/aromatic N) is 3. The van der Waals surface area contributed by atoms with Gasteiger partial charge in [-0.15, -0.1) is 0 Å². The van der Waals surface area contributed by atoms with E-state index in [-0.39, 0.29) is 12.1 Å². The molecule has 2 atom stereocenters. The summed E-state index contributed by atoms with van der Waals surface area (Å²) in [5.74, 6) is 0. The molecule has 0 spiro atoms. The summed E-state index contributed by atoms with van der Waals surface area (Å²) in [5, 5.41) is 0. The minimum Gasteiger partial charge on any atom is -0.211 e. The van der Waals surface area contributed by atoms with E-state index in [0.717, 1.165) is 0 Å². The fourth-order valence-electron chi connectivity index (χ4n) is 1.87. The Hall–Kier alpha value is -0.750. The standard InChI is InChI=1S/C9H17N3O3S/c1-8-6-9(10-7-13)4-5-12(8)16(14,15)11(2)3/h8-9H,4-6H2,1-3H3. The molecule has 0 radical (unpaired) electrons. The number of aliphatic imine (C=N–C) groups is 1. The molecule has 0 aliphatic carbocycles. The Bertz CT molecular complexity index is 387. The quantitative estimate of drug-likeness (QED) is 0.520. The first-order chi connectivity index (χ1) is 7.39. The lowest BCUT2D eigenvalue weighted by Crippen LogP contribution is -2.49. The number of carbonyl (C=O) groups excluding carboxylic acids is 1. The molecule has 0 saturated carbocycles. The Balaban J connectivity index is 2.78. The van der Waals surface area contributed by atoms with Crippen LogP contribution in [0.2, 0.25) is 0 Å². The van der Waals surface area contributed by atoms with Crippen LogP contribution in [-0.2, 0) is 15.0 Å². The Morgan fingerprint density at radius 3 is 2.50 bits per heavy atom. The van der Waals surface area contributed by atoms with Crippen LogP contribution in [-0.4, -0.2) is 55.8 Å². The topological polar surface area (TPSA) is 70.0 Å². The van der Waals surface area contributed by atoms with Crippen LogP contribution in [0.1, 0.15) is 19.8 Å². The van der Waals surface area contributed by atoms with Crippen molar-refractivity contribution in [3.05, 3.63) is 0 Å². The van der Waals surface area contributed by atoms with Gasteiger partial charge in [0.2, 0.25) is 6.08 Å². The fourth-order valence-corrected chi connectivity index (χ4v) is 3.17. The molecule has 0 aromatic carbocycles. The summed E-state index contributed by atoms with van der Waals surface area (Å²) in [4.78, 5) is 13.8. The van der Waals surface area contributed by atoms with Gasteiger partial charge < -0.3 is 0 Å². The van der Waals surface area contributed by atoms with Gasteiger partial charge >= 0.3 is 0 Å². The van der Waals surface area contributed by atoms with Crippen molar-refractivity contribution >= 4 is 16.3 Å². The van der Waals surface area contributed by atoms with Gasteiger partial charge in [0.15, 0.2) is 0 Å². The molecular weight excluding hydrogens is 230 g/mol. The van der Waals surface area contributed by atoms with Crippen LogP contribution in [0.5, 0.6) is 0 Å². The average molecular weight is 247 g/mol. The van der Waals surface area contributed by atoms with E-state index >= 15 is 0 Å². The molecule has 1 rings (SSSR count). The van der Waals surface area contributed by atoms with E-state index in [0.29, 0.717) is 19.4 Å². The second-order valence-corrected chi connectivity index (χ2v) is 6.24. The highest BCUT2D eigenvalue weighted by molar-refractivity contribution is 7.86.